The van der Waals surface area contributed by atoms with Crippen LogP contribution < -0.4 is 5.73 Å². The maximum atomic E-state index is 12.7. The lowest BCUT2D eigenvalue weighted by Crippen LogP contribution is -2.29. The summed E-state index contributed by atoms with van der Waals surface area (Å²) in [5.74, 6) is 1.09. The lowest BCUT2D eigenvalue weighted by Gasteiger charge is -2.20. The lowest BCUT2D eigenvalue weighted by molar-refractivity contribution is -0.161. The van der Waals surface area contributed by atoms with E-state index in [1.165, 1.54) is 24.0 Å². The zero-order valence-electron chi connectivity index (χ0n) is 36.5. The second kappa shape index (κ2) is 35.4. The number of esters is 2. The third-order valence-corrected chi connectivity index (χ3v) is 10.4. The average Bonchev–Trinajstić information content (AvgIpc) is 3.48. The zero-order valence-corrected chi connectivity index (χ0v) is 37.4. The molecule has 4 N–H and O–H groups in total. The topological polar surface area (TPSA) is 168 Å². The first-order valence-electron chi connectivity index (χ1n) is 21.9. The quantitative estimate of drug-likeness (QED) is 0.0193. The smallest absolute Gasteiger partial charge is 0.466 e. The standard InChI is InChI=1S/C47H76NO10P/c1-5-7-9-10-11-12-13-14-15-16-17-18-19-20-23-27-30-42(49)34-35-46(50)54-38-43(39-56-59(52,53)55-37-36-48)57-47(51)33-29-25-22-21-24-28-32-45-41(4)40(3)44(58-45)31-26-8-6-2/h7,9,11-12,14-15,17-18,20,23,27,30,42-43,49H,5-6,8,10,13,16,19,21-22,24-26,28-29,31-39,48H2,1-4H3,(H,52,53)/b9-7-,12-11-,15-14-,18-17-,23-20-,30-27-/t42?,43-/m1/s1. The number of hydrogen-bond donors (Lipinski definition) is 3. The van der Waals surface area contributed by atoms with Gasteiger partial charge in [0.25, 0.3) is 0 Å². The minimum absolute atomic E-state index is 0.0106. The number of aryl methyl sites for hydroxylation is 2. The highest BCUT2D eigenvalue weighted by Crippen LogP contribution is 2.43. The Morgan fingerprint density at radius 3 is 1.86 bits per heavy atom. The number of ether oxygens (including phenoxy) is 2. The van der Waals surface area contributed by atoms with Gasteiger partial charge in [0.2, 0.25) is 0 Å². The number of furan rings is 1. The summed E-state index contributed by atoms with van der Waals surface area (Å²) in [7, 11) is -4.46. The van der Waals surface area contributed by atoms with Crippen molar-refractivity contribution in [2.24, 2.45) is 5.73 Å². The molecule has 0 amide bonds. The molecule has 0 saturated carbocycles. The van der Waals surface area contributed by atoms with Gasteiger partial charge in [0.1, 0.15) is 18.1 Å². The molecule has 334 valence electrons. The molecule has 0 aliphatic carbocycles. The molecule has 0 saturated heterocycles. The first kappa shape index (κ1) is 53.7. The Balaban J connectivity index is 2.39. The summed E-state index contributed by atoms with van der Waals surface area (Å²) in [6, 6.07) is 0. The fraction of sp³-hybridized carbons (Fsp3) is 0.617. The van der Waals surface area contributed by atoms with E-state index in [-0.39, 0.29) is 39.0 Å². The first-order chi connectivity index (χ1) is 28.5. The van der Waals surface area contributed by atoms with Crippen molar-refractivity contribution in [3.8, 4) is 0 Å². The number of hydrogen-bond acceptors (Lipinski definition) is 10. The summed E-state index contributed by atoms with van der Waals surface area (Å²) in [4.78, 5) is 35.0. The molecule has 2 unspecified atom stereocenters. The maximum absolute atomic E-state index is 12.7. The number of rotatable bonds is 36. The Hall–Kier alpha value is -3.31. The van der Waals surface area contributed by atoms with Crippen molar-refractivity contribution in [3.05, 3.63) is 95.6 Å². The van der Waals surface area contributed by atoms with E-state index in [4.69, 9.17) is 28.7 Å². The molecule has 1 aromatic rings. The summed E-state index contributed by atoms with van der Waals surface area (Å²) in [6.45, 7) is 7.54. The molecule has 0 radical (unpaired) electrons. The predicted molar refractivity (Wildman–Crippen MR) is 238 cm³/mol. The Morgan fingerprint density at radius 1 is 0.712 bits per heavy atom. The van der Waals surface area contributed by atoms with Gasteiger partial charge < -0.3 is 29.6 Å². The SMILES string of the molecule is CC/C=C\C/C=C\C/C=C\C/C=C\C/C=C\C=C/C(O)CCC(=O)OC[C@H](COP(=O)(O)OCCN)OC(=O)CCCCCCCCc1oc(CCCCC)c(C)c1C. The van der Waals surface area contributed by atoms with E-state index in [0.29, 0.717) is 6.42 Å². The zero-order chi connectivity index (χ0) is 43.4. The van der Waals surface area contributed by atoms with E-state index < -0.39 is 38.6 Å². The number of phosphoric acid groups is 1. The summed E-state index contributed by atoms with van der Waals surface area (Å²) in [5, 5.41) is 10.3. The average molecular weight is 846 g/mol. The second-order valence-corrected chi connectivity index (χ2v) is 16.1. The fourth-order valence-electron chi connectivity index (χ4n) is 5.86. The highest BCUT2D eigenvalue weighted by molar-refractivity contribution is 7.47. The molecule has 0 bridgehead atoms. The molecule has 0 aliphatic rings. The number of carbonyl (C=O) groups is 2. The van der Waals surface area contributed by atoms with Gasteiger partial charge in [-0.1, -0.05) is 125 Å². The van der Waals surface area contributed by atoms with E-state index >= 15 is 0 Å². The molecule has 0 spiro atoms. The van der Waals surface area contributed by atoms with E-state index in [0.717, 1.165) is 95.0 Å². The van der Waals surface area contributed by atoms with Crippen LogP contribution in [-0.2, 0) is 45.5 Å². The van der Waals surface area contributed by atoms with Gasteiger partial charge >= 0.3 is 19.8 Å². The molecule has 3 atom stereocenters. The van der Waals surface area contributed by atoms with Gasteiger partial charge in [-0.05, 0) is 82.8 Å². The summed E-state index contributed by atoms with van der Waals surface area (Å²) < 4.78 is 38.9. The van der Waals surface area contributed by atoms with Crippen molar-refractivity contribution in [2.75, 3.05) is 26.4 Å². The molecule has 59 heavy (non-hydrogen) atoms. The van der Waals surface area contributed by atoms with Crippen molar-refractivity contribution >= 4 is 19.8 Å². The molecule has 1 rings (SSSR count). The normalized spacial score (nSPS) is 14.5. The van der Waals surface area contributed by atoms with Gasteiger partial charge in [-0.3, -0.25) is 18.6 Å². The minimum Gasteiger partial charge on any atom is -0.466 e. The van der Waals surface area contributed by atoms with Crippen LogP contribution >= 0.6 is 7.82 Å². The van der Waals surface area contributed by atoms with E-state index in [2.05, 4.69) is 76.3 Å². The Bertz CT molecular complexity index is 1490. The lowest BCUT2D eigenvalue weighted by atomic mass is 10.0. The summed E-state index contributed by atoms with van der Waals surface area (Å²) in [5.41, 5.74) is 7.91. The van der Waals surface area contributed by atoms with Crippen LogP contribution in [0.25, 0.3) is 0 Å². The molecule has 1 aromatic heterocycles. The third-order valence-electron chi connectivity index (χ3n) is 9.43. The van der Waals surface area contributed by atoms with Crippen LogP contribution in [0.2, 0.25) is 0 Å². The van der Waals surface area contributed by atoms with Crippen LogP contribution in [0.5, 0.6) is 0 Å². The summed E-state index contributed by atoms with van der Waals surface area (Å²) in [6.07, 6.45) is 38.2. The minimum atomic E-state index is -4.46. The van der Waals surface area contributed by atoms with Crippen molar-refractivity contribution in [2.45, 2.75) is 162 Å². The predicted octanol–water partition coefficient (Wildman–Crippen LogP) is 10.9. The Labute approximate surface area is 355 Å². The van der Waals surface area contributed by atoms with E-state index in [1.807, 2.05) is 12.2 Å². The molecule has 0 aromatic carbocycles. The van der Waals surface area contributed by atoms with Gasteiger partial charge in [0.05, 0.1) is 19.3 Å². The van der Waals surface area contributed by atoms with Gasteiger partial charge in [-0.2, -0.15) is 0 Å². The van der Waals surface area contributed by atoms with Crippen molar-refractivity contribution < 1.29 is 47.1 Å². The Kier molecular flexibility index (Phi) is 32.3. The number of allylic oxidation sites excluding steroid dienone is 11. The molecule has 0 aliphatic heterocycles. The van der Waals surface area contributed by atoms with Crippen LogP contribution in [0.4, 0.5) is 0 Å². The van der Waals surface area contributed by atoms with Crippen LogP contribution in [0.1, 0.15) is 146 Å². The number of aliphatic hydroxyl groups is 1. The van der Waals surface area contributed by atoms with Crippen LogP contribution in [0.15, 0.2) is 77.3 Å². The van der Waals surface area contributed by atoms with E-state index in [9.17, 15) is 24.2 Å². The number of unbranched alkanes of at least 4 members (excludes halogenated alkanes) is 7. The van der Waals surface area contributed by atoms with Crippen molar-refractivity contribution in [1.82, 2.24) is 0 Å². The number of phosphoric ester groups is 1. The van der Waals surface area contributed by atoms with Crippen molar-refractivity contribution in [3.63, 3.8) is 0 Å². The van der Waals surface area contributed by atoms with Gasteiger partial charge in [-0.15, -0.1) is 0 Å². The highest BCUT2D eigenvalue weighted by Gasteiger charge is 2.26. The van der Waals surface area contributed by atoms with Crippen LogP contribution in [0.3, 0.4) is 0 Å². The molecule has 11 nitrogen and oxygen atoms in total. The number of nitrogens with two attached hydrogens (primary N) is 1. The molecular weight excluding hydrogens is 769 g/mol. The first-order valence-corrected chi connectivity index (χ1v) is 23.4. The second-order valence-electron chi connectivity index (χ2n) is 14.6. The molecule has 12 heteroatoms. The fourth-order valence-corrected chi connectivity index (χ4v) is 6.63. The number of aliphatic hydroxyl groups excluding tert-OH is 1. The maximum Gasteiger partial charge on any atom is 0.472 e. The van der Waals surface area contributed by atoms with Crippen LogP contribution in [0, 0.1) is 13.8 Å². The largest absolute Gasteiger partial charge is 0.472 e. The van der Waals surface area contributed by atoms with Gasteiger partial charge in [0, 0.05) is 32.2 Å². The van der Waals surface area contributed by atoms with Gasteiger partial charge in [0.15, 0.2) is 6.10 Å². The highest BCUT2D eigenvalue weighted by atomic mass is 31.2. The van der Waals surface area contributed by atoms with Crippen LogP contribution in [-0.4, -0.2) is 60.5 Å². The Morgan fingerprint density at radius 2 is 1.27 bits per heavy atom. The van der Waals surface area contributed by atoms with Gasteiger partial charge in [-0.25, -0.2) is 4.57 Å². The molecular formula is C47H76NO10P. The number of carbonyl (C=O) groups excluding carboxylic acids is 2. The third kappa shape index (κ3) is 29.5. The van der Waals surface area contributed by atoms with Crippen molar-refractivity contribution in [1.29, 1.82) is 0 Å². The monoisotopic (exact) mass is 846 g/mol. The summed E-state index contributed by atoms with van der Waals surface area (Å²) >= 11 is 0. The molecule has 1 heterocycles. The molecule has 0 fully saturated rings. The van der Waals surface area contributed by atoms with E-state index in [1.54, 1.807) is 12.2 Å².